The van der Waals surface area contributed by atoms with Gasteiger partial charge in [-0.25, -0.2) is 0 Å². The van der Waals surface area contributed by atoms with Gasteiger partial charge in [0.1, 0.15) is 5.82 Å². The third-order valence-electron chi connectivity index (χ3n) is 4.30. The lowest BCUT2D eigenvalue weighted by atomic mass is 9.78. The van der Waals surface area contributed by atoms with Crippen LogP contribution in [0.3, 0.4) is 0 Å². The lowest BCUT2D eigenvalue weighted by Gasteiger charge is -2.32. The van der Waals surface area contributed by atoms with Gasteiger partial charge in [-0.15, -0.1) is 0 Å². The van der Waals surface area contributed by atoms with Crippen molar-refractivity contribution in [3.8, 4) is 0 Å². The molecule has 2 rings (SSSR count). The molecule has 0 radical (unpaired) electrons. The zero-order chi connectivity index (χ0) is 14.0. The minimum Gasteiger partial charge on any atom is -0.303 e. The summed E-state index contributed by atoms with van der Waals surface area (Å²) < 4.78 is 3.05. The van der Waals surface area contributed by atoms with Crippen molar-refractivity contribution >= 4 is 12.2 Å². The maximum absolute atomic E-state index is 5.43. The van der Waals surface area contributed by atoms with Gasteiger partial charge >= 0.3 is 0 Å². The fourth-order valence-electron chi connectivity index (χ4n) is 3.68. The van der Waals surface area contributed by atoms with Crippen molar-refractivity contribution in [3.05, 3.63) is 10.6 Å². The molecule has 0 bridgehead atoms. The van der Waals surface area contributed by atoms with Gasteiger partial charge in [-0.3, -0.25) is 5.10 Å². The summed E-state index contributed by atoms with van der Waals surface area (Å²) in [4.78, 5) is 0. The van der Waals surface area contributed by atoms with Crippen molar-refractivity contribution in [2.24, 2.45) is 11.3 Å². The molecule has 0 amide bonds. The third kappa shape index (κ3) is 3.28. The first-order valence-electron chi connectivity index (χ1n) is 7.59. The summed E-state index contributed by atoms with van der Waals surface area (Å²) in [5.74, 6) is 2.28. The van der Waals surface area contributed by atoms with Crippen molar-refractivity contribution in [1.82, 2.24) is 14.8 Å². The molecule has 0 aliphatic heterocycles. The first kappa shape index (κ1) is 14.8. The Morgan fingerprint density at radius 2 is 1.89 bits per heavy atom. The number of nitrogens with zero attached hydrogens (tertiary/aromatic N) is 2. The Kier molecular flexibility index (Phi) is 4.49. The van der Waals surface area contributed by atoms with Gasteiger partial charge in [0.25, 0.3) is 0 Å². The highest BCUT2D eigenvalue weighted by Gasteiger charge is 2.35. The van der Waals surface area contributed by atoms with Gasteiger partial charge in [-0.1, -0.05) is 40.5 Å². The SMILES string of the molecule is CC(C)CC1(Cn2c(C(C)C)n[nH]c2=S)CCCC1. The number of nitrogens with one attached hydrogen (secondary N) is 1. The lowest BCUT2D eigenvalue weighted by molar-refractivity contribution is 0.193. The van der Waals surface area contributed by atoms with Crippen LogP contribution >= 0.6 is 12.2 Å². The molecule has 3 nitrogen and oxygen atoms in total. The van der Waals surface area contributed by atoms with Crippen LogP contribution in [0.15, 0.2) is 0 Å². The second kappa shape index (κ2) is 5.78. The minimum atomic E-state index is 0.422. The fraction of sp³-hybridized carbons (Fsp3) is 0.867. The molecular weight excluding hydrogens is 254 g/mol. The van der Waals surface area contributed by atoms with Gasteiger partial charge in [-0.05, 0) is 42.8 Å². The van der Waals surface area contributed by atoms with E-state index in [0.717, 1.165) is 23.1 Å². The Bertz CT molecular complexity index is 464. The van der Waals surface area contributed by atoms with E-state index in [-0.39, 0.29) is 0 Å². The normalized spacial score (nSPS) is 18.6. The maximum atomic E-state index is 5.43. The Labute approximate surface area is 121 Å². The summed E-state index contributed by atoms with van der Waals surface area (Å²) in [7, 11) is 0. The summed E-state index contributed by atoms with van der Waals surface area (Å²) in [5.41, 5.74) is 0.444. The van der Waals surface area contributed by atoms with E-state index in [2.05, 4.69) is 42.5 Å². The summed E-state index contributed by atoms with van der Waals surface area (Å²) in [6.07, 6.45) is 6.73. The molecular formula is C15H27N3S. The van der Waals surface area contributed by atoms with E-state index in [1.165, 1.54) is 32.1 Å². The van der Waals surface area contributed by atoms with Gasteiger partial charge in [0.15, 0.2) is 4.77 Å². The maximum Gasteiger partial charge on any atom is 0.195 e. The van der Waals surface area contributed by atoms with Crippen LogP contribution in [0.25, 0.3) is 0 Å². The molecule has 19 heavy (non-hydrogen) atoms. The summed E-state index contributed by atoms with van der Waals surface area (Å²) in [5, 5.41) is 7.39. The molecule has 1 aromatic heterocycles. The molecule has 0 unspecified atom stereocenters. The first-order valence-corrected chi connectivity index (χ1v) is 7.99. The molecule has 1 N–H and O–H groups in total. The van der Waals surface area contributed by atoms with Crippen molar-refractivity contribution in [3.63, 3.8) is 0 Å². The number of hydrogen-bond donors (Lipinski definition) is 1. The molecule has 0 aromatic carbocycles. The van der Waals surface area contributed by atoms with Gasteiger partial charge in [0, 0.05) is 12.5 Å². The van der Waals surface area contributed by atoms with E-state index in [1.54, 1.807) is 0 Å². The average molecular weight is 281 g/mol. The molecule has 0 saturated heterocycles. The number of hydrogen-bond acceptors (Lipinski definition) is 2. The molecule has 1 aliphatic carbocycles. The molecule has 1 fully saturated rings. The van der Waals surface area contributed by atoms with Crippen LogP contribution in [-0.2, 0) is 6.54 Å². The van der Waals surface area contributed by atoms with Crippen molar-refractivity contribution in [1.29, 1.82) is 0 Å². The fourth-order valence-corrected chi connectivity index (χ4v) is 3.88. The highest BCUT2D eigenvalue weighted by molar-refractivity contribution is 7.71. The number of H-pyrrole nitrogens is 1. The molecule has 0 atom stereocenters. The van der Waals surface area contributed by atoms with Crippen LogP contribution in [0.2, 0.25) is 0 Å². The van der Waals surface area contributed by atoms with E-state index in [0.29, 0.717) is 11.3 Å². The minimum absolute atomic E-state index is 0.422. The number of aromatic nitrogens is 3. The topological polar surface area (TPSA) is 33.6 Å². The Hall–Kier alpha value is -0.640. The standard InChI is InChI=1S/C15H27N3S/c1-11(2)9-15(7-5-6-8-15)10-18-13(12(3)4)16-17-14(18)19/h11-12H,5-10H2,1-4H3,(H,17,19). The molecule has 4 heteroatoms. The van der Waals surface area contributed by atoms with Crippen molar-refractivity contribution < 1.29 is 0 Å². The zero-order valence-electron chi connectivity index (χ0n) is 12.7. The van der Waals surface area contributed by atoms with Crippen LogP contribution in [0.5, 0.6) is 0 Å². The van der Waals surface area contributed by atoms with E-state index in [1.807, 2.05) is 0 Å². The molecule has 1 aromatic rings. The van der Waals surface area contributed by atoms with Gasteiger partial charge in [0.05, 0.1) is 0 Å². The summed E-state index contributed by atoms with van der Waals surface area (Å²) in [6, 6.07) is 0. The quantitative estimate of drug-likeness (QED) is 0.796. The molecule has 1 heterocycles. The van der Waals surface area contributed by atoms with Crippen LogP contribution in [0.1, 0.15) is 71.5 Å². The van der Waals surface area contributed by atoms with Crippen LogP contribution < -0.4 is 0 Å². The molecule has 108 valence electrons. The number of rotatable bonds is 5. The average Bonchev–Trinajstić information content (AvgIpc) is 2.87. The van der Waals surface area contributed by atoms with Gasteiger partial charge < -0.3 is 4.57 Å². The van der Waals surface area contributed by atoms with E-state index >= 15 is 0 Å². The lowest BCUT2D eigenvalue weighted by Crippen LogP contribution is -2.27. The largest absolute Gasteiger partial charge is 0.303 e. The highest BCUT2D eigenvalue weighted by Crippen LogP contribution is 2.44. The predicted molar refractivity (Wildman–Crippen MR) is 81.9 cm³/mol. The molecule has 1 saturated carbocycles. The van der Waals surface area contributed by atoms with Crippen LogP contribution in [0.4, 0.5) is 0 Å². The molecule has 0 spiro atoms. The van der Waals surface area contributed by atoms with Crippen LogP contribution in [-0.4, -0.2) is 14.8 Å². The van der Waals surface area contributed by atoms with E-state index in [9.17, 15) is 0 Å². The van der Waals surface area contributed by atoms with E-state index in [4.69, 9.17) is 12.2 Å². The summed E-state index contributed by atoms with van der Waals surface area (Å²) >= 11 is 5.43. The summed E-state index contributed by atoms with van der Waals surface area (Å²) in [6.45, 7) is 10.1. The van der Waals surface area contributed by atoms with Crippen molar-refractivity contribution in [2.45, 2.75) is 72.3 Å². The Morgan fingerprint density at radius 3 is 2.42 bits per heavy atom. The number of aromatic amines is 1. The second-order valence-corrected chi connectivity index (χ2v) is 7.32. The predicted octanol–water partition coefficient (Wildman–Crippen LogP) is 4.67. The third-order valence-corrected chi connectivity index (χ3v) is 4.61. The van der Waals surface area contributed by atoms with E-state index < -0.39 is 0 Å². The van der Waals surface area contributed by atoms with Crippen molar-refractivity contribution in [2.75, 3.05) is 0 Å². The van der Waals surface area contributed by atoms with Gasteiger partial charge in [-0.2, -0.15) is 5.10 Å². The zero-order valence-corrected chi connectivity index (χ0v) is 13.5. The highest BCUT2D eigenvalue weighted by atomic mass is 32.1. The first-order chi connectivity index (χ1) is 8.93. The second-order valence-electron chi connectivity index (χ2n) is 6.93. The monoisotopic (exact) mass is 281 g/mol. The Morgan fingerprint density at radius 1 is 1.26 bits per heavy atom. The van der Waals surface area contributed by atoms with Gasteiger partial charge in [0.2, 0.25) is 0 Å². The molecule has 1 aliphatic rings. The van der Waals surface area contributed by atoms with Crippen LogP contribution in [0, 0.1) is 16.1 Å². The smallest absolute Gasteiger partial charge is 0.195 e. The Balaban J connectivity index is 2.27.